The van der Waals surface area contributed by atoms with Gasteiger partial charge in [-0.15, -0.1) is 0 Å². The molecule has 2 aromatic rings. The van der Waals surface area contributed by atoms with E-state index in [1.165, 1.54) is 22.5 Å². The van der Waals surface area contributed by atoms with Gasteiger partial charge in [0.2, 0.25) is 15.9 Å². The van der Waals surface area contributed by atoms with Gasteiger partial charge < -0.3 is 9.64 Å². The molecule has 1 amide bonds. The van der Waals surface area contributed by atoms with Crippen LogP contribution in [0.15, 0.2) is 47.4 Å². The van der Waals surface area contributed by atoms with Crippen LogP contribution in [0.1, 0.15) is 12.0 Å². The molecule has 2 aliphatic heterocycles. The summed E-state index contributed by atoms with van der Waals surface area (Å²) in [6.45, 7) is 0.125. The first kappa shape index (κ1) is 17.9. The van der Waals surface area contributed by atoms with Crippen LogP contribution >= 0.6 is 0 Å². The summed E-state index contributed by atoms with van der Waals surface area (Å²) >= 11 is 0. The second kappa shape index (κ2) is 6.03. The predicted molar refractivity (Wildman–Crippen MR) is 97.9 cm³/mol. The van der Waals surface area contributed by atoms with Gasteiger partial charge in [0.25, 0.3) is 0 Å². The quantitative estimate of drug-likeness (QED) is 0.805. The highest BCUT2D eigenvalue weighted by Crippen LogP contribution is 2.48. The van der Waals surface area contributed by atoms with Crippen molar-refractivity contribution in [3.63, 3.8) is 0 Å². The van der Waals surface area contributed by atoms with Crippen molar-refractivity contribution in [2.45, 2.75) is 16.7 Å². The Kier molecular flexibility index (Phi) is 4.01. The lowest BCUT2D eigenvalue weighted by Crippen LogP contribution is -2.42. The van der Waals surface area contributed by atoms with E-state index in [9.17, 15) is 17.6 Å². The van der Waals surface area contributed by atoms with Crippen LogP contribution in [0, 0.1) is 5.82 Å². The van der Waals surface area contributed by atoms with Gasteiger partial charge in [0.1, 0.15) is 16.5 Å². The summed E-state index contributed by atoms with van der Waals surface area (Å²) in [5.41, 5.74) is 0.517. The Bertz CT molecular complexity index is 1040. The lowest BCUT2D eigenvalue weighted by molar-refractivity contribution is -0.122. The van der Waals surface area contributed by atoms with Gasteiger partial charge in [0.05, 0.1) is 12.5 Å². The maximum atomic E-state index is 14.1. The molecule has 0 unspecified atom stereocenters. The Balaban J connectivity index is 1.76. The third-order valence-electron chi connectivity index (χ3n) is 5.48. The smallest absolute Gasteiger partial charge is 0.246 e. The van der Waals surface area contributed by atoms with Crippen molar-refractivity contribution in [3.05, 3.63) is 53.8 Å². The van der Waals surface area contributed by atoms with Crippen LogP contribution < -0.4 is 9.64 Å². The minimum absolute atomic E-state index is 0.0208. The third-order valence-corrected chi connectivity index (χ3v) is 7.36. The molecule has 27 heavy (non-hydrogen) atoms. The number of anilines is 1. The number of likely N-dealkylation sites (N-methyl/N-ethyl adjacent to an activating group) is 1. The molecule has 4 rings (SSSR count). The van der Waals surface area contributed by atoms with E-state index in [1.54, 1.807) is 37.3 Å². The number of ether oxygens (including phenoxy) is 1. The Morgan fingerprint density at radius 3 is 2.63 bits per heavy atom. The number of hydrogen-bond acceptors (Lipinski definition) is 4. The highest BCUT2D eigenvalue weighted by atomic mass is 32.2. The van der Waals surface area contributed by atoms with Crippen LogP contribution in [0.5, 0.6) is 5.75 Å². The topological polar surface area (TPSA) is 66.9 Å². The van der Waals surface area contributed by atoms with Crippen LogP contribution in [0.25, 0.3) is 0 Å². The summed E-state index contributed by atoms with van der Waals surface area (Å²) in [6.07, 6.45) is 0.337. The summed E-state index contributed by atoms with van der Waals surface area (Å²) in [5, 5.41) is 0. The maximum absolute atomic E-state index is 14.1. The number of halogens is 1. The Hall–Kier alpha value is -2.45. The van der Waals surface area contributed by atoms with Gasteiger partial charge in [-0.05, 0) is 42.3 Å². The van der Waals surface area contributed by atoms with Crippen LogP contribution in [-0.4, -0.2) is 45.9 Å². The second-order valence-corrected chi connectivity index (χ2v) is 8.75. The molecule has 0 radical (unpaired) electrons. The number of fused-ring (bicyclic) bond motifs is 2. The van der Waals surface area contributed by atoms with E-state index in [-0.39, 0.29) is 23.9 Å². The van der Waals surface area contributed by atoms with Crippen molar-refractivity contribution < 1.29 is 22.3 Å². The van der Waals surface area contributed by atoms with E-state index in [4.69, 9.17) is 4.74 Å². The normalized spacial score (nSPS) is 22.5. The molecule has 0 bridgehead atoms. The number of methoxy groups -OCH3 is 1. The fourth-order valence-electron chi connectivity index (χ4n) is 4.03. The Morgan fingerprint density at radius 1 is 1.19 bits per heavy atom. The van der Waals surface area contributed by atoms with E-state index in [1.807, 2.05) is 0 Å². The summed E-state index contributed by atoms with van der Waals surface area (Å²) in [5.74, 6) is -0.348. The van der Waals surface area contributed by atoms with Crippen molar-refractivity contribution >= 4 is 21.6 Å². The largest absolute Gasteiger partial charge is 0.497 e. The molecule has 0 saturated carbocycles. The maximum Gasteiger partial charge on any atom is 0.246 e. The van der Waals surface area contributed by atoms with Gasteiger partial charge in [-0.3, -0.25) is 4.79 Å². The molecule has 2 aliphatic rings. The second-order valence-electron chi connectivity index (χ2n) is 6.85. The van der Waals surface area contributed by atoms with Crippen LogP contribution in [0.4, 0.5) is 10.1 Å². The molecule has 1 saturated heterocycles. The molecule has 6 nitrogen and oxygen atoms in total. The number of benzene rings is 2. The zero-order valence-corrected chi connectivity index (χ0v) is 15.8. The number of nitrogens with zero attached hydrogens (tertiary/aromatic N) is 2. The van der Waals surface area contributed by atoms with Crippen molar-refractivity contribution in [2.75, 3.05) is 32.1 Å². The predicted octanol–water partition coefficient (Wildman–Crippen LogP) is 2.14. The SMILES string of the molecule is COc1ccc2c(c1)[C@@]1(CCN(S(=O)(=O)c3ccccc3F)C1)C(=O)N2C. The first-order chi connectivity index (χ1) is 12.8. The lowest BCUT2D eigenvalue weighted by Gasteiger charge is -2.23. The number of amides is 1. The van der Waals surface area contributed by atoms with Gasteiger partial charge in [-0.1, -0.05) is 12.1 Å². The fraction of sp³-hybridized carbons (Fsp3) is 0.316. The van der Waals surface area contributed by atoms with Gasteiger partial charge in [-0.25, -0.2) is 12.8 Å². The monoisotopic (exact) mass is 390 g/mol. The molecule has 142 valence electrons. The Labute approximate surface area is 157 Å². The summed E-state index contributed by atoms with van der Waals surface area (Å²) < 4.78 is 46.5. The molecule has 1 atom stereocenters. The number of hydrogen-bond donors (Lipinski definition) is 0. The van der Waals surface area contributed by atoms with Crippen molar-refractivity contribution in [1.29, 1.82) is 0 Å². The highest BCUT2D eigenvalue weighted by molar-refractivity contribution is 7.89. The fourth-order valence-corrected chi connectivity index (χ4v) is 5.60. The molecule has 0 aromatic heterocycles. The standard InChI is InChI=1S/C19H19FN2O4S/c1-21-16-8-7-13(26-2)11-14(16)19(18(21)23)9-10-22(12-19)27(24,25)17-6-4-3-5-15(17)20/h3-8,11H,9-10,12H2,1-2H3/t19-/m0/s1. The molecular formula is C19H19FN2O4S. The molecule has 1 spiro atoms. The van der Waals surface area contributed by atoms with Gasteiger partial charge in [-0.2, -0.15) is 4.31 Å². The zero-order chi connectivity index (χ0) is 19.4. The van der Waals surface area contributed by atoms with Crippen molar-refractivity contribution in [2.24, 2.45) is 0 Å². The first-order valence-corrected chi connectivity index (χ1v) is 9.96. The average molecular weight is 390 g/mol. The molecule has 8 heteroatoms. The first-order valence-electron chi connectivity index (χ1n) is 8.52. The average Bonchev–Trinajstić information content (AvgIpc) is 3.20. The van der Waals surface area contributed by atoms with E-state index in [0.29, 0.717) is 12.2 Å². The number of sulfonamides is 1. The van der Waals surface area contributed by atoms with E-state index < -0.39 is 21.3 Å². The molecule has 2 aromatic carbocycles. The molecule has 1 fully saturated rings. The van der Waals surface area contributed by atoms with Crippen LogP contribution in [0.2, 0.25) is 0 Å². The van der Waals surface area contributed by atoms with Gasteiger partial charge in [0.15, 0.2) is 0 Å². The molecule has 2 heterocycles. The summed E-state index contributed by atoms with van der Waals surface area (Å²) in [7, 11) is -0.818. The van der Waals surface area contributed by atoms with Crippen molar-refractivity contribution in [3.8, 4) is 5.75 Å². The molecule has 0 N–H and O–H groups in total. The minimum Gasteiger partial charge on any atom is -0.497 e. The van der Waals surface area contributed by atoms with Gasteiger partial charge in [0, 0.05) is 25.8 Å². The van der Waals surface area contributed by atoms with Crippen LogP contribution in [0.3, 0.4) is 0 Å². The van der Waals surface area contributed by atoms with E-state index in [2.05, 4.69) is 0 Å². The van der Waals surface area contributed by atoms with E-state index in [0.717, 1.165) is 17.3 Å². The molecular weight excluding hydrogens is 371 g/mol. The number of carbonyl (C=O) groups excluding carboxylic acids is 1. The Morgan fingerprint density at radius 2 is 1.93 bits per heavy atom. The zero-order valence-electron chi connectivity index (χ0n) is 15.0. The minimum atomic E-state index is -4.04. The van der Waals surface area contributed by atoms with Crippen molar-refractivity contribution in [1.82, 2.24) is 4.31 Å². The summed E-state index contributed by atoms with van der Waals surface area (Å²) in [4.78, 5) is 14.2. The highest BCUT2D eigenvalue weighted by Gasteiger charge is 2.55. The number of rotatable bonds is 3. The van der Waals surface area contributed by atoms with Crippen LogP contribution in [-0.2, 0) is 20.2 Å². The third kappa shape index (κ3) is 2.47. The number of carbonyl (C=O) groups is 1. The molecule has 0 aliphatic carbocycles. The van der Waals surface area contributed by atoms with E-state index >= 15 is 0 Å². The van der Waals surface area contributed by atoms with Gasteiger partial charge >= 0.3 is 0 Å². The summed E-state index contributed by atoms with van der Waals surface area (Å²) in [6, 6.07) is 10.6. The lowest BCUT2D eigenvalue weighted by atomic mass is 9.81.